The Morgan fingerprint density at radius 1 is 1.56 bits per heavy atom. The Morgan fingerprint density at radius 3 is 2.75 bits per heavy atom. The van der Waals surface area contributed by atoms with Crippen molar-refractivity contribution in [1.29, 1.82) is 0 Å². The summed E-state index contributed by atoms with van der Waals surface area (Å²) in [5, 5.41) is 21.1. The molecule has 1 fully saturated rings. The van der Waals surface area contributed by atoms with Gasteiger partial charge in [0, 0.05) is 5.54 Å². The van der Waals surface area contributed by atoms with Gasteiger partial charge in [0.2, 0.25) is 0 Å². The molecule has 2 rings (SSSR count). The summed E-state index contributed by atoms with van der Waals surface area (Å²) in [7, 11) is 0. The number of hydrogen-bond donors (Lipinski definition) is 3. The van der Waals surface area contributed by atoms with Crippen LogP contribution in [0, 0.1) is 0 Å². The van der Waals surface area contributed by atoms with Crippen LogP contribution in [0.5, 0.6) is 0 Å². The summed E-state index contributed by atoms with van der Waals surface area (Å²) >= 11 is 0. The third kappa shape index (κ3) is 2.10. The summed E-state index contributed by atoms with van der Waals surface area (Å²) in [5.41, 5.74) is -0.0284. The molecule has 0 bridgehead atoms. The van der Waals surface area contributed by atoms with Crippen molar-refractivity contribution in [2.24, 2.45) is 0 Å². The van der Waals surface area contributed by atoms with E-state index in [1.807, 2.05) is 0 Å². The van der Waals surface area contributed by atoms with Gasteiger partial charge in [0.15, 0.2) is 0 Å². The van der Waals surface area contributed by atoms with Crippen LogP contribution in [0.15, 0.2) is 16.7 Å². The van der Waals surface area contributed by atoms with Crippen molar-refractivity contribution < 1.29 is 19.4 Å². The van der Waals surface area contributed by atoms with E-state index in [1.165, 1.54) is 12.3 Å². The minimum Gasteiger partial charge on any atom is -0.478 e. The molecule has 3 N–H and O–H groups in total. The maximum absolute atomic E-state index is 10.6. The molecule has 0 atom stereocenters. The van der Waals surface area contributed by atoms with Crippen LogP contribution >= 0.6 is 0 Å². The van der Waals surface area contributed by atoms with Crippen LogP contribution < -0.4 is 5.32 Å². The second kappa shape index (κ2) is 4.27. The van der Waals surface area contributed by atoms with Crippen molar-refractivity contribution in [3.8, 4) is 0 Å². The maximum atomic E-state index is 10.6. The van der Waals surface area contributed by atoms with Crippen molar-refractivity contribution in [3.63, 3.8) is 0 Å². The normalized spacial score (nSPS) is 18.1. The van der Waals surface area contributed by atoms with E-state index in [9.17, 15) is 9.90 Å². The lowest BCUT2D eigenvalue weighted by Crippen LogP contribution is -2.53. The van der Waals surface area contributed by atoms with Crippen LogP contribution in [-0.4, -0.2) is 28.3 Å². The van der Waals surface area contributed by atoms with E-state index in [4.69, 9.17) is 9.52 Å². The molecule has 0 amide bonds. The Hall–Kier alpha value is -1.33. The molecule has 88 valence electrons. The average molecular weight is 225 g/mol. The van der Waals surface area contributed by atoms with Crippen LogP contribution in [-0.2, 0) is 6.54 Å². The maximum Gasteiger partial charge on any atom is 0.338 e. The van der Waals surface area contributed by atoms with E-state index in [-0.39, 0.29) is 17.7 Å². The summed E-state index contributed by atoms with van der Waals surface area (Å²) in [6.45, 7) is 0.563. The SMILES string of the molecule is O=C(O)c1coc(CNC2(CO)CCC2)c1. The highest BCUT2D eigenvalue weighted by atomic mass is 16.4. The Balaban J connectivity index is 1.91. The zero-order valence-electron chi connectivity index (χ0n) is 8.90. The van der Waals surface area contributed by atoms with Crippen molar-refractivity contribution in [2.75, 3.05) is 6.61 Å². The summed E-state index contributed by atoms with van der Waals surface area (Å²) in [5.74, 6) is -0.410. The van der Waals surface area contributed by atoms with Gasteiger partial charge in [0.1, 0.15) is 12.0 Å². The fourth-order valence-corrected chi connectivity index (χ4v) is 1.85. The first kappa shape index (κ1) is 11.2. The number of nitrogens with one attached hydrogen (secondary N) is 1. The minimum absolute atomic E-state index is 0.111. The van der Waals surface area contributed by atoms with Gasteiger partial charge in [-0.1, -0.05) is 0 Å². The molecule has 1 saturated carbocycles. The first-order valence-electron chi connectivity index (χ1n) is 5.32. The molecule has 5 nitrogen and oxygen atoms in total. The van der Waals surface area contributed by atoms with Crippen molar-refractivity contribution in [1.82, 2.24) is 5.32 Å². The number of hydrogen-bond acceptors (Lipinski definition) is 4. The number of carboxylic acid groups (broad SMARTS) is 1. The second-order valence-electron chi connectivity index (χ2n) is 4.25. The predicted molar refractivity (Wildman–Crippen MR) is 56.2 cm³/mol. The van der Waals surface area contributed by atoms with Crippen molar-refractivity contribution in [2.45, 2.75) is 31.3 Å². The Bertz CT molecular complexity index is 376. The van der Waals surface area contributed by atoms with Gasteiger partial charge in [-0.15, -0.1) is 0 Å². The molecule has 1 heterocycles. The lowest BCUT2D eigenvalue weighted by Gasteiger charge is -2.41. The van der Waals surface area contributed by atoms with Crippen LogP contribution in [0.25, 0.3) is 0 Å². The summed E-state index contributed by atoms with van der Waals surface area (Å²) in [4.78, 5) is 10.6. The van der Waals surface area contributed by atoms with Crippen molar-refractivity contribution in [3.05, 3.63) is 23.7 Å². The Morgan fingerprint density at radius 2 is 2.31 bits per heavy atom. The number of aliphatic hydroxyl groups is 1. The number of aliphatic hydroxyl groups excluding tert-OH is 1. The third-order valence-electron chi connectivity index (χ3n) is 3.15. The van der Waals surface area contributed by atoms with E-state index in [0.29, 0.717) is 12.3 Å². The van der Waals surface area contributed by atoms with Gasteiger partial charge in [0.25, 0.3) is 0 Å². The Labute approximate surface area is 93.1 Å². The first-order valence-corrected chi connectivity index (χ1v) is 5.32. The number of carboxylic acids is 1. The smallest absolute Gasteiger partial charge is 0.338 e. The van der Waals surface area contributed by atoms with E-state index >= 15 is 0 Å². The van der Waals surface area contributed by atoms with E-state index in [0.717, 1.165) is 19.3 Å². The zero-order valence-corrected chi connectivity index (χ0v) is 8.90. The highest BCUT2D eigenvalue weighted by Gasteiger charge is 2.35. The molecule has 1 aromatic heterocycles. The first-order chi connectivity index (χ1) is 7.65. The molecular weight excluding hydrogens is 210 g/mol. The number of carbonyl (C=O) groups is 1. The molecule has 1 aromatic rings. The topological polar surface area (TPSA) is 82.7 Å². The van der Waals surface area contributed by atoms with E-state index in [2.05, 4.69) is 5.32 Å². The van der Waals surface area contributed by atoms with Gasteiger partial charge in [-0.2, -0.15) is 0 Å². The van der Waals surface area contributed by atoms with Gasteiger partial charge in [-0.05, 0) is 25.3 Å². The fourth-order valence-electron chi connectivity index (χ4n) is 1.85. The standard InChI is InChI=1S/C11H15NO4/c13-7-11(2-1-3-11)12-5-9-4-8(6-16-9)10(14)15/h4,6,12-13H,1-3,5,7H2,(H,14,15). The molecular formula is C11H15NO4. The lowest BCUT2D eigenvalue weighted by atomic mass is 9.77. The predicted octanol–water partition coefficient (Wildman–Crippen LogP) is 0.982. The number of aromatic carboxylic acids is 1. The van der Waals surface area contributed by atoms with Crippen LogP contribution in [0.1, 0.15) is 35.4 Å². The summed E-state index contributed by atoms with van der Waals surface area (Å²) in [6.07, 6.45) is 4.25. The van der Waals surface area contributed by atoms with E-state index < -0.39 is 5.97 Å². The average Bonchev–Trinajstić information content (AvgIpc) is 2.65. The van der Waals surface area contributed by atoms with Gasteiger partial charge in [-0.25, -0.2) is 4.79 Å². The van der Waals surface area contributed by atoms with Crippen molar-refractivity contribution >= 4 is 5.97 Å². The molecule has 0 saturated heterocycles. The fraction of sp³-hybridized carbons (Fsp3) is 0.545. The molecule has 16 heavy (non-hydrogen) atoms. The summed E-state index contributed by atoms with van der Waals surface area (Å²) in [6, 6.07) is 1.50. The number of rotatable bonds is 5. The molecule has 0 spiro atoms. The van der Waals surface area contributed by atoms with Crippen LogP contribution in [0.2, 0.25) is 0 Å². The molecule has 5 heteroatoms. The molecule has 0 aliphatic heterocycles. The van der Waals surface area contributed by atoms with Gasteiger partial charge in [-0.3, -0.25) is 0 Å². The van der Waals surface area contributed by atoms with Crippen LogP contribution in [0.4, 0.5) is 0 Å². The number of furan rings is 1. The quantitative estimate of drug-likeness (QED) is 0.695. The zero-order chi connectivity index (χ0) is 11.6. The van der Waals surface area contributed by atoms with Gasteiger partial charge >= 0.3 is 5.97 Å². The minimum atomic E-state index is -0.990. The largest absolute Gasteiger partial charge is 0.478 e. The van der Waals surface area contributed by atoms with Gasteiger partial charge in [0.05, 0.1) is 18.7 Å². The molecule has 1 aliphatic rings. The lowest BCUT2D eigenvalue weighted by molar-refractivity contribution is 0.0696. The van der Waals surface area contributed by atoms with Gasteiger partial charge < -0.3 is 19.9 Å². The molecule has 0 radical (unpaired) electrons. The monoisotopic (exact) mass is 225 g/mol. The molecule has 0 aromatic carbocycles. The second-order valence-corrected chi connectivity index (χ2v) is 4.25. The van der Waals surface area contributed by atoms with E-state index in [1.54, 1.807) is 0 Å². The highest BCUT2D eigenvalue weighted by molar-refractivity contribution is 5.87. The summed E-state index contributed by atoms with van der Waals surface area (Å²) < 4.78 is 5.11. The third-order valence-corrected chi connectivity index (χ3v) is 3.15. The Kier molecular flexibility index (Phi) is 2.98. The molecule has 1 aliphatic carbocycles. The molecule has 0 unspecified atom stereocenters. The highest BCUT2D eigenvalue weighted by Crippen LogP contribution is 2.31. The van der Waals surface area contributed by atoms with Crippen LogP contribution in [0.3, 0.4) is 0 Å².